The van der Waals surface area contributed by atoms with E-state index in [4.69, 9.17) is 0 Å². The molecule has 0 unspecified atom stereocenters. The molecule has 1 atom stereocenters. The summed E-state index contributed by atoms with van der Waals surface area (Å²) in [4.78, 5) is 41.3. The fraction of sp³-hybridized carbons (Fsp3) is 0.500. The van der Waals surface area contributed by atoms with Gasteiger partial charge in [0.25, 0.3) is 0 Å². The summed E-state index contributed by atoms with van der Waals surface area (Å²) in [6.45, 7) is 4.94. The zero-order chi connectivity index (χ0) is 15.1. The summed E-state index contributed by atoms with van der Waals surface area (Å²) in [7, 11) is 0. The summed E-state index contributed by atoms with van der Waals surface area (Å²) in [6.07, 6.45) is 0.916. The van der Waals surface area contributed by atoms with Gasteiger partial charge in [-0.05, 0) is 37.3 Å². The van der Waals surface area contributed by atoms with Crippen LogP contribution in [0.5, 0.6) is 0 Å². The average Bonchev–Trinajstić information content (AvgIpc) is 3.02. The molecule has 6 nitrogen and oxygen atoms in total. The first kappa shape index (κ1) is 14.2. The summed E-state index contributed by atoms with van der Waals surface area (Å²) in [5.74, 6) is -1.44. The van der Waals surface area contributed by atoms with Crippen LogP contribution < -0.4 is 0 Å². The fourth-order valence-corrected chi connectivity index (χ4v) is 3.85. The molecule has 3 rings (SSSR count). The van der Waals surface area contributed by atoms with Crippen LogP contribution in [0.4, 0.5) is 4.79 Å². The molecule has 0 radical (unpaired) electrons. The maximum atomic E-state index is 12.1. The molecule has 0 aromatic carbocycles. The maximum Gasteiger partial charge on any atom is 0.335 e. The van der Waals surface area contributed by atoms with Crippen LogP contribution in [0.1, 0.15) is 30.3 Å². The van der Waals surface area contributed by atoms with E-state index in [1.807, 2.05) is 0 Å². The summed E-state index contributed by atoms with van der Waals surface area (Å²) in [5, 5.41) is 2.07. The third kappa shape index (κ3) is 2.16. The van der Waals surface area contributed by atoms with Gasteiger partial charge in [-0.3, -0.25) is 19.4 Å². The van der Waals surface area contributed by atoms with E-state index in [0.717, 1.165) is 22.8 Å². The number of likely N-dealkylation sites (N-methyl/N-ethyl adjacent to an activating group) is 1. The molecule has 7 heteroatoms. The molecule has 0 N–H and O–H groups in total. The van der Waals surface area contributed by atoms with Gasteiger partial charge in [0.1, 0.15) is 0 Å². The van der Waals surface area contributed by atoms with Gasteiger partial charge >= 0.3 is 17.8 Å². The Morgan fingerprint density at radius 2 is 1.95 bits per heavy atom. The van der Waals surface area contributed by atoms with Gasteiger partial charge in [0, 0.05) is 24.0 Å². The minimum atomic E-state index is -0.719. The molecular formula is C14H17N3O3S. The average molecular weight is 307 g/mol. The number of nitrogens with zero attached hydrogens (tertiary/aromatic N) is 3. The van der Waals surface area contributed by atoms with Crippen LogP contribution in [0.3, 0.4) is 0 Å². The van der Waals surface area contributed by atoms with Crippen LogP contribution in [-0.2, 0) is 16.0 Å². The van der Waals surface area contributed by atoms with E-state index in [1.54, 1.807) is 18.3 Å². The Morgan fingerprint density at radius 3 is 2.62 bits per heavy atom. The number of urea groups is 1. The quantitative estimate of drug-likeness (QED) is 0.626. The monoisotopic (exact) mass is 307 g/mol. The lowest BCUT2D eigenvalue weighted by atomic mass is 10.0. The lowest BCUT2D eigenvalue weighted by molar-refractivity contribution is -0.144. The van der Waals surface area contributed by atoms with Crippen LogP contribution >= 0.6 is 11.3 Å². The smallest absolute Gasteiger partial charge is 0.278 e. The van der Waals surface area contributed by atoms with Crippen LogP contribution in [0.25, 0.3) is 0 Å². The van der Waals surface area contributed by atoms with E-state index in [1.165, 1.54) is 10.4 Å². The van der Waals surface area contributed by atoms with Crippen molar-refractivity contribution in [3.05, 3.63) is 21.9 Å². The Hall–Kier alpha value is -1.73. The SMILES string of the molecule is CCN1C(=O)C(=O)N(CN2CCc3sccc3[C@H]2C)C1=O. The first-order valence-electron chi connectivity index (χ1n) is 7.02. The van der Waals surface area contributed by atoms with Gasteiger partial charge in [0.05, 0.1) is 6.67 Å². The van der Waals surface area contributed by atoms with Crippen LogP contribution in [0, 0.1) is 0 Å². The predicted molar refractivity (Wildman–Crippen MR) is 77.6 cm³/mol. The molecule has 2 aliphatic rings. The van der Waals surface area contributed by atoms with Gasteiger partial charge in [-0.2, -0.15) is 0 Å². The number of imide groups is 2. The Bertz CT molecular complexity index is 612. The zero-order valence-corrected chi connectivity index (χ0v) is 12.9. The van der Waals surface area contributed by atoms with E-state index in [2.05, 4.69) is 23.3 Å². The van der Waals surface area contributed by atoms with Crippen LogP contribution in [0.2, 0.25) is 0 Å². The van der Waals surface area contributed by atoms with Crippen LogP contribution in [0.15, 0.2) is 11.4 Å². The van der Waals surface area contributed by atoms with Crippen molar-refractivity contribution in [1.82, 2.24) is 14.7 Å². The summed E-state index contributed by atoms with van der Waals surface area (Å²) in [5.41, 5.74) is 1.25. The number of amides is 4. The molecule has 1 fully saturated rings. The van der Waals surface area contributed by atoms with Gasteiger partial charge < -0.3 is 0 Å². The number of hydrogen-bond donors (Lipinski definition) is 0. The van der Waals surface area contributed by atoms with Crippen molar-refractivity contribution in [2.45, 2.75) is 26.3 Å². The standard InChI is InChI=1S/C14H17N3O3S/c1-3-16-12(18)13(19)17(14(16)20)8-15-6-4-11-10(9(15)2)5-7-21-11/h5,7,9H,3-4,6,8H2,1-2H3/t9-/m1/s1. The molecule has 2 aliphatic heterocycles. The van der Waals surface area contributed by atoms with Gasteiger partial charge in [-0.15, -0.1) is 11.3 Å². The normalized spacial score (nSPS) is 23.1. The maximum absolute atomic E-state index is 12.1. The van der Waals surface area contributed by atoms with Crippen molar-refractivity contribution < 1.29 is 14.4 Å². The summed E-state index contributed by atoms with van der Waals surface area (Å²) >= 11 is 1.74. The molecule has 0 bridgehead atoms. The predicted octanol–water partition coefficient (Wildman–Crippen LogP) is 1.44. The van der Waals surface area contributed by atoms with Crippen molar-refractivity contribution >= 4 is 29.2 Å². The number of carbonyl (C=O) groups is 3. The third-order valence-electron chi connectivity index (χ3n) is 4.18. The second-order valence-corrected chi connectivity index (χ2v) is 6.24. The number of thiophene rings is 1. The van der Waals surface area contributed by atoms with Gasteiger partial charge in [0.15, 0.2) is 0 Å². The Kier molecular flexibility index (Phi) is 3.54. The molecule has 1 aromatic heterocycles. The zero-order valence-electron chi connectivity index (χ0n) is 12.0. The molecular weight excluding hydrogens is 290 g/mol. The van der Waals surface area contributed by atoms with Crippen molar-refractivity contribution in [3.8, 4) is 0 Å². The summed E-state index contributed by atoms with van der Waals surface area (Å²) < 4.78 is 0. The van der Waals surface area contributed by atoms with E-state index in [-0.39, 0.29) is 19.3 Å². The highest BCUT2D eigenvalue weighted by Gasteiger charge is 2.44. The van der Waals surface area contributed by atoms with Crippen molar-refractivity contribution in [2.24, 2.45) is 0 Å². The highest BCUT2D eigenvalue weighted by Crippen LogP contribution is 2.33. The number of hydrogen-bond acceptors (Lipinski definition) is 5. The lowest BCUT2D eigenvalue weighted by Crippen LogP contribution is -2.45. The van der Waals surface area contributed by atoms with E-state index < -0.39 is 17.8 Å². The van der Waals surface area contributed by atoms with Gasteiger partial charge in [-0.1, -0.05) is 0 Å². The third-order valence-corrected chi connectivity index (χ3v) is 5.17. The van der Waals surface area contributed by atoms with E-state index >= 15 is 0 Å². The fourth-order valence-electron chi connectivity index (χ4n) is 2.89. The first-order valence-corrected chi connectivity index (χ1v) is 7.90. The second-order valence-electron chi connectivity index (χ2n) is 5.24. The Balaban J connectivity index is 1.77. The van der Waals surface area contributed by atoms with Gasteiger partial charge in [-0.25, -0.2) is 9.69 Å². The number of fused-ring (bicyclic) bond motifs is 1. The topological polar surface area (TPSA) is 60.9 Å². The highest BCUT2D eigenvalue weighted by atomic mass is 32.1. The molecule has 1 aromatic rings. The molecule has 0 aliphatic carbocycles. The molecule has 112 valence electrons. The van der Waals surface area contributed by atoms with Crippen LogP contribution in [-0.4, -0.2) is 52.3 Å². The summed E-state index contributed by atoms with van der Waals surface area (Å²) in [6, 6.07) is 1.73. The molecule has 0 saturated carbocycles. The van der Waals surface area contributed by atoms with E-state index in [0.29, 0.717) is 0 Å². The Labute approximate surface area is 126 Å². The minimum Gasteiger partial charge on any atom is -0.278 e. The number of carbonyl (C=O) groups excluding carboxylic acids is 3. The minimum absolute atomic E-state index is 0.145. The molecule has 1 saturated heterocycles. The van der Waals surface area contributed by atoms with Gasteiger partial charge in [0.2, 0.25) is 0 Å². The van der Waals surface area contributed by atoms with Crippen molar-refractivity contribution in [3.63, 3.8) is 0 Å². The molecule has 4 amide bonds. The molecule has 3 heterocycles. The largest absolute Gasteiger partial charge is 0.335 e. The first-order chi connectivity index (χ1) is 10.0. The molecule has 21 heavy (non-hydrogen) atoms. The second kappa shape index (κ2) is 5.23. The van der Waals surface area contributed by atoms with Crippen molar-refractivity contribution in [1.29, 1.82) is 0 Å². The highest BCUT2D eigenvalue weighted by molar-refractivity contribution is 7.10. The van der Waals surface area contributed by atoms with Crippen molar-refractivity contribution in [2.75, 3.05) is 19.8 Å². The van der Waals surface area contributed by atoms with E-state index in [9.17, 15) is 14.4 Å². The number of rotatable bonds is 3. The Morgan fingerprint density at radius 1 is 1.24 bits per heavy atom. The molecule has 0 spiro atoms. The lowest BCUT2D eigenvalue weighted by Gasteiger charge is -2.35.